The van der Waals surface area contributed by atoms with Crippen molar-refractivity contribution < 1.29 is 9.53 Å². The van der Waals surface area contributed by atoms with Crippen molar-refractivity contribution >= 4 is 39.9 Å². The van der Waals surface area contributed by atoms with E-state index >= 15 is 0 Å². The van der Waals surface area contributed by atoms with Crippen LogP contribution in [0.4, 0.5) is 16.2 Å². The Hall–Kier alpha value is -3.44. The van der Waals surface area contributed by atoms with Crippen LogP contribution in [-0.4, -0.2) is 18.1 Å². The van der Waals surface area contributed by atoms with Crippen LogP contribution in [0.2, 0.25) is 5.02 Å². The molecule has 3 N–H and O–H groups in total. The zero-order valence-corrected chi connectivity index (χ0v) is 15.9. The first kappa shape index (κ1) is 17.9. The fraction of sp³-hybridized carbons (Fsp3) is 0.0455. The maximum absolute atomic E-state index is 12.8. The Balaban J connectivity index is 1.70. The second kappa shape index (κ2) is 7.66. The summed E-state index contributed by atoms with van der Waals surface area (Å²) in [6, 6.07) is 22.4. The topological polar surface area (TPSA) is 66.2 Å². The van der Waals surface area contributed by atoms with Gasteiger partial charge in [-0.25, -0.2) is 4.79 Å². The summed E-state index contributed by atoms with van der Waals surface area (Å²) in [5.41, 5.74) is 3.97. The number of aromatic amines is 1. The molecule has 4 aromatic rings. The number of benzene rings is 3. The van der Waals surface area contributed by atoms with Crippen LogP contribution in [0, 0.1) is 0 Å². The van der Waals surface area contributed by atoms with Crippen molar-refractivity contribution in [3.05, 3.63) is 77.8 Å². The number of ether oxygens (including phenoxy) is 1. The van der Waals surface area contributed by atoms with E-state index in [2.05, 4.69) is 15.6 Å². The number of amides is 2. The van der Waals surface area contributed by atoms with Gasteiger partial charge in [-0.2, -0.15) is 0 Å². The highest BCUT2D eigenvalue weighted by molar-refractivity contribution is 6.31. The molecule has 0 spiro atoms. The number of rotatable bonds is 4. The van der Waals surface area contributed by atoms with Crippen molar-refractivity contribution in [2.45, 2.75) is 0 Å². The van der Waals surface area contributed by atoms with E-state index in [4.69, 9.17) is 16.3 Å². The van der Waals surface area contributed by atoms with Gasteiger partial charge in [0.2, 0.25) is 0 Å². The molecule has 3 aromatic carbocycles. The smallest absolute Gasteiger partial charge is 0.323 e. The summed E-state index contributed by atoms with van der Waals surface area (Å²) < 4.78 is 5.29. The molecule has 1 heterocycles. The molecule has 0 aliphatic heterocycles. The first-order chi connectivity index (χ1) is 13.7. The van der Waals surface area contributed by atoms with Gasteiger partial charge in [-0.3, -0.25) is 0 Å². The van der Waals surface area contributed by atoms with E-state index in [1.165, 1.54) is 0 Å². The van der Waals surface area contributed by atoms with Crippen LogP contribution in [0.15, 0.2) is 72.8 Å². The number of urea groups is 1. The minimum atomic E-state index is -0.387. The zero-order chi connectivity index (χ0) is 19.5. The number of H-pyrrole nitrogens is 1. The minimum absolute atomic E-state index is 0.387. The Morgan fingerprint density at radius 3 is 2.50 bits per heavy atom. The molecule has 4 rings (SSSR count). The van der Waals surface area contributed by atoms with Crippen LogP contribution in [-0.2, 0) is 0 Å². The van der Waals surface area contributed by atoms with Crippen LogP contribution in [0.25, 0.3) is 22.2 Å². The van der Waals surface area contributed by atoms with Crippen molar-refractivity contribution in [1.82, 2.24) is 4.98 Å². The highest BCUT2D eigenvalue weighted by Crippen LogP contribution is 2.35. The van der Waals surface area contributed by atoms with E-state index in [1.54, 1.807) is 25.3 Å². The molecule has 6 heteroatoms. The Bertz CT molecular complexity index is 1140. The lowest BCUT2D eigenvalue weighted by molar-refractivity contribution is 0.262. The van der Waals surface area contributed by atoms with Crippen LogP contribution < -0.4 is 15.4 Å². The average molecular weight is 392 g/mol. The maximum atomic E-state index is 12.8. The van der Waals surface area contributed by atoms with Crippen molar-refractivity contribution in [3.63, 3.8) is 0 Å². The van der Waals surface area contributed by atoms with Crippen LogP contribution >= 0.6 is 11.6 Å². The number of methoxy groups -OCH3 is 1. The van der Waals surface area contributed by atoms with E-state index in [9.17, 15) is 4.79 Å². The van der Waals surface area contributed by atoms with Crippen LogP contribution in [0.5, 0.6) is 5.75 Å². The van der Waals surface area contributed by atoms with Gasteiger partial charge in [0, 0.05) is 21.5 Å². The molecule has 0 unspecified atom stereocenters. The lowest BCUT2D eigenvalue weighted by Gasteiger charge is -2.12. The summed E-state index contributed by atoms with van der Waals surface area (Å²) in [5, 5.41) is 7.21. The van der Waals surface area contributed by atoms with E-state index < -0.39 is 0 Å². The lowest BCUT2D eigenvalue weighted by atomic mass is 10.1. The summed E-state index contributed by atoms with van der Waals surface area (Å²) >= 11 is 6.05. The number of anilines is 2. The normalized spacial score (nSPS) is 10.6. The number of halogens is 1. The highest BCUT2D eigenvalue weighted by atomic mass is 35.5. The minimum Gasteiger partial charge on any atom is -0.495 e. The van der Waals surface area contributed by atoms with Gasteiger partial charge in [-0.15, -0.1) is 0 Å². The monoisotopic (exact) mass is 391 g/mol. The third-order valence-electron chi connectivity index (χ3n) is 4.42. The van der Waals surface area contributed by atoms with Crippen LogP contribution in [0.1, 0.15) is 0 Å². The van der Waals surface area contributed by atoms with Gasteiger partial charge in [-0.1, -0.05) is 60.1 Å². The largest absolute Gasteiger partial charge is 0.495 e. The van der Waals surface area contributed by atoms with Gasteiger partial charge in [0.25, 0.3) is 0 Å². The predicted molar refractivity (Wildman–Crippen MR) is 114 cm³/mol. The van der Waals surface area contributed by atoms with Crippen molar-refractivity contribution in [2.24, 2.45) is 0 Å². The average Bonchev–Trinajstić information content (AvgIpc) is 3.07. The van der Waals surface area contributed by atoms with Gasteiger partial charge < -0.3 is 20.4 Å². The quantitative estimate of drug-likeness (QED) is 0.391. The van der Waals surface area contributed by atoms with Crippen molar-refractivity contribution in [2.75, 3.05) is 17.7 Å². The fourth-order valence-corrected chi connectivity index (χ4v) is 3.31. The standard InChI is InChI=1S/C22H18ClN3O2/c1-28-19-12-11-15(23)13-18(19)25-22(27)26-21-16-9-5-6-10-17(16)24-20(21)14-7-3-2-4-8-14/h2-13,24H,1H3,(H2,25,26,27). The third kappa shape index (κ3) is 3.52. The maximum Gasteiger partial charge on any atom is 0.323 e. The molecule has 2 amide bonds. The van der Waals surface area contributed by atoms with Gasteiger partial charge in [0.15, 0.2) is 0 Å². The number of hydrogen-bond acceptors (Lipinski definition) is 2. The number of carbonyl (C=O) groups is 1. The first-order valence-corrected chi connectivity index (χ1v) is 9.11. The van der Waals surface area contributed by atoms with Crippen LogP contribution in [0.3, 0.4) is 0 Å². The molecule has 0 atom stereocenters. The summed E-state index contributed by atoms with van der Waals surface area (Å²) in [7, 11) is 1.54. The number of para-hydroxylation sites is 1. The van der Waals surface area contributed by atoms with E-state index in [0.29, 0.717) is 22.1 Å². The Morgan fingerprint density at radius 1 is 0.964 bits per heavy atom. The van der Waals surface area contributed by atoms with Gasteiger partial charge in [0.05, 0.1) is 24.2 Å². The SMILES string of the molecule is COc1ccc(Cl)cc1NC(=O)Nc1c(-c2ccccc2)[nH]c2ccccc12. The molecule has 0 radical (unpaired) electrons. The van der Waals surface area contributed by atoms with Gasteiger partial charge in [0.1, 0.15) is 5.75 Å². The number of nitrogens with one attached hydrogen (secondary N) is 3. The number of hydrogen-bond donors (Lipinski definition) is 3. The Morgan fingerprint density at radius 2 is 1.71 bits per heavy atom. The molecule has 5 nitrogen and oxygen atoms in total. The Kier molecular flexibility index (Phi) is 4.91. The van der Waals surface area contributed by atoms with E-state index in [-0.39, 0.29) is 6.03 Å². The molecule has 0 aliphatic carbocycles. The number of aromatic nitrogens is 1. The summed E-state index contributed by atoms with van der Waals surface area (Å²) in [5.74, 6) is 0.529. The fourth-order valence-electron chi connectivity index (χ4n) is 3.14. The molecule has 28 heavy (non-hydrogen) atoms. The highest BCUT2D eigenvalue weighted by Gasteiger charge is 2.16. The molecule has 0 aliphatic rings. The second-order valence-electron chi connectivity index (χ2n) is 6.21. The molecular formula is C22H18ClN3O2. The Labute approximate surface area is 167 Å². The first-order valence-electron chi connectivity index (χ1n) is 8.73. The third-order valence-corrected chi connectivity index (χ3v) is 4.65. The molecular weight excluding hydrogens is 374 g/mol. The number of fused-ring (bicyclic) bond motifs is 1. The molecule has 0 fully saturated rings. The van der Waals surface area contributed by atoms with E-state index in [0.717, 1.165) is 22.2 Å². The van der Waals surface area contributed by atoms with Gasteiger partial charge >= 0.3 is 6.03 Å². The predicted octanol–water partition coefficient (Wildman–Crippen LogP) is 6.14. The second-order valence-corrected chi connectivity index (χ2v) is 6.65. The molecule has 140 valence electrons. The van der Waals surface area contributed by atoms with Crippen molar-refractivity contribution in [3.8, 4) is 17.0 Å². The van der Waals surface area contributed by atoms with Gasteiger partial charge in [-0.05, 0) is 24.3 Å². The molecule has 0 saturated carbocycles. The number of carbonyl (C=O) groups excluding carboxylic acids is 1. The van der Waals surface area contributed by atoms with E-state index in [1.807, 2.05) is 54.6 Å². The zero-order valence-electron chi connectivity index (χ0n) is 15.1. The summed E-state index contributed by atoms with van der Waals surface area (Å²) in [4.78, 5) is 16.1. The summed E-state index contributed by atoms with van der Waals surface area (Å²) in [6.45, 7) is 0. The lowest BCUT2D eigenvalue weighted by Crippen LogP contribution is -2.20. The molecule has 0 bridgehead atoms. The molecule has 0 saturated heterocycles. The summed E-state index contributed by atoms with van der Waals surface area (Å²) in [6.07, 6.45) is 0. The molecule has 1 aromatic heterocycles. The van der Waals surface area contributed by atoms with Crippen molar-refractivity contribution in [1.29, 1.82) is 0 Å².